The molecule has 1 saturated heterocycles. The first kappa shape index (κ1) is 14.7. The summed E-state index contributed by atoms with van der Waals surface area (Å²) in [5.74, 6) is 1.61. The molecule has 0 aromatic heterocycles. The molecule has 0 radical (unpaired) electrons. The molecule has 0 spiro atoms. The van der Waals surface area contributed by atoms with Crippen LogP contribution in [0.1, 0.15) is 25.3 Å². The van der Waals surface area contributed by atoms with Gasteiger partial charge in [0.05, 0.1) is 7.11 Å². The topological polar surface area (TPSA) is 41.6 Å². The summed E-state index contributed by atoms with van der Waals surface area (Å²) in [4.78, 5) is 13.9. The molecule has 1 heterocycles. The third-order valence-electron chi connectivity index (χ3n) is 3.89. The summed E-state index contributed by atoms with van der Waals surface area (Å²) in [5, 5.41) is 3.00. The first-order chi connectivity index (χ1) is 9.69. The molecule has 1 fully saturated rings. The van der Waals surface area contributed by atoms with Gasteiger partial charge in [-0.15, -0.1) is 0 Å². The van der Waals surface area contributed by atoms with Crippen LogP contribution in [0, 0.1) is 5.92 Å². The second-order valence-corrected chi connectivity index (χ2v) is 5.50. The van der Waals surface area contributed by atoms with Gasteiger partial charge >= 0.3 is 6.03 Å². The van der Waals surface area contributed by atoms with Gasteiger partial charge in [0.15, 0.2) is 0 Å². The Hall–Kier alpha value is -1.71. The number of benzene rings is 1. The Balaban J connectivity index is 1.73. The lowest BCUT2D eigenvalue weighted by molar-refractivity contribution is 0.174. The van der Waals surface area contributed by atoms with E-state index in [1.54, 1.807) is 7.11 Å². The molecule has 1 aliphatic heterocycles. The first-order valence-corrected chi connectivity index (χ1v) is 7.34. The van der Waals surface area contributed by atoms with Gasteiger partial charge in [0.2, 0.25) is 0 Å². The molecule has 0 atom stereocenters. The third-order valence-corrected chi connectivity index (χ3v) is 3.89. The molecule has 20 heavy (non-hydrogen) atoms. The van der Waals surface area contributed by atoms with Gasteiger partial charge in [-0.05, 0) is 42.9 Å². The van der Waals surface area contributed by atoms with Gasteiger partial charge in [0.25, 0.3) is 0 Å². The number of carbonyl (C=O) groups is 1. The third kappa shape index (κ3) is 4.15. The number of amides is 2. The van der Waals surface area contributed by atoms with Crippen LogP contribution in [-0.4, -0.2) is 37.7 Å². The lowest BCUT2D eigenvalue weighted by atomic mass is 10.00. The van der Waals surface area contributed by atoms with Gasteiger partial charge in [-0.25, -0.2) is 4.79 Å². The van der Waals surface area contributed by atoms with Crippen molar-refractivity contribution >= 4 is 6.03 Å². The van der Waals surface area contributed by atoms with Crippen LogP contribution in [0.3, 0.4) is 0 Å². The Labute approximate surface area is 121 Å². The number of hydrogen-bond acceptors (Lipinski definition) is 2. The number of piperidine rings is 1. The van der Waals surface area contributed by atoms with Crippen molar-refractivity contribution in [2.45, 2.75) is 26.2 Å². The van der Waals surface area contributed by atoms with Gasteiger partial charge in [-0.3, -0.25) is 0 Å². The van der Waals surface area contributed by atoms with Crippen LogP contribution >= 0.6 is 0 Å². The fourth-order valence-electron chi connectivity index (χ4n) is 2.47. The van der Waals surface area contributed by atoms with Crippen molar-refractivity contribution in [2.75, 3.05) is 26.7 Å². The molecule has 4 nitrogen and oxygen atoms in total. The van der Waals surface area contributed by atoms with Crippen molar-refractivity contribution < 1.29 is 9.53 Å². The maximum Gasteiger partial charge on any atom is 0.317 e. The minimum absolute atomic E-state index is 0.0693. The molecule has 1 aromatic rings. The highest BCUT2D eigenvalue weighted by Gasteiger charge is 2.19. The summed E-state index contributed by atoms with van der Waals surface area (Å²) in [6.45, 7) is 4.68. The normalized spacial score (nSPS) is 16.0. The maximum absolute atomic E-state index is 12.0. The number of carbonyl (C=O) groups excluding carboxylic acids is 1. The molecule has 110 valence electrons. The minimum atomic E-state index is 0.0693. The molecular formula is C16H24N2O2. The number of nitrogens with zero attached hydrogens (tertiary/aromatic N) is 1. The van der Waals surface area contributed by atoms with Crippen LogP contribution in [0.4, 0.5) is 4.79 Å². The predicted octanol–water partition coefficient (Wildman–Crippen LogP) is 2.68. The minimum Gasteiger partial charge on any atom is -0.497 e. The predicted molar refractivity (Wildman–Crippen MR) is 80.1 cm³/mol. The van der Waals surface area contributed by atoms with Crippen molar-refractivity contribution in [1.82, 2.24) is 10.2 Å². The largest absolute Gasteiger partial charge is 0.497 e. The smallest absolute Gasteiger partial charge is 0.317 e. The molecule has 4 heteroatoms. The Morgan fingerprint density at radius 1 is 1.40 bits per heavy atom. The van der Waals surface area contributed by atoms with Gasteiger partial charge in [-0.1, -0.05) is 19.1 Å². The van der Waals surface area contributed by atoms with Crippen molar-refractivity contribution in [2.24, 2.45) is 5.92 Å². The molecule has 2 rings (SSSR count). The van der Waals surface area contributed by atoms with Crippen molar-refractivity contribution in [3.63, 3.8) is 0 Å². The number of nitrogens with one attached hydrogen (secondary N) is 1. The maximum atomic E-state index is 12.0. The molecule has 1 aliphatic rings. The van der Waals surface area contributed by atoms with Crippen LogP contribution in [-0.2, 0) is 6.42 Å². The Morgan fingerprint density at radius 3 is 2.85 bits per heavy atom. The van der Waals surface area contributed by atoms with Crippen molar-refractivity contribution in [3.05, 3.63) is 29.8 Å². The molecular weight excluding hydrogens is 252 g/mol. The van der Waals surface area contributed by atoms with Crippen LogP contribution in [0.2, 0.25) is 0 Å². The van der Waals surface area contributed by atoms with Crippen molar-refractivity contribution in [1.29, 1.82) is 0 Å². The number of rotatable bonds is 4. The zero-order chi connectivity index (χ0) is 14.4. The number of ether oxygens (including phenoxy) is 1. The van der Waals surface area contributed by atoms with Crippen LogP contribution in [0.5, 0.6) is 5.75 Å². The van der Waals surface area contributed by atoms with E-state index in [0.717, 1.165) is 44.0 Å². The molecule has 0 bridgehead atoms. The van der Waals surface area contributed by atoms with E-state index in [9.17, 15) is 4.79 Å². The average Bonchev–Trinajstić information content (AvgIpc) is 2.48. The zero-order valence-corrected chi connectivity index (χ0v) is 12.4. The Kier molecular flexibility index (Phi) is 5.27. The van der Waals surface area contributed by atoms with Gasteiger partial charge in [0, 0.05) is 19.6 Å². The lowest BCUT2D eigenvalue weighted by Crippen LogP contribution is -2.44. The average molecular weight is 276 g/mol. The SMILES string of the molecule is COc1cccc(CCNC(=O)N2CCC(C)CC2)c1. The molecule has 2 amide bonds. The second-order valence-electron chi connectivity index (χ2n) is 5.50. The number of likely N-dealkylation sites (tertiary alicyclic amines) is 1. The van der Waals surface area contributed by atoms with Gasteiger partial charge in [0.1, 0.15) is 5.75 Å². The summed E-state index contributed by atoms with van der Waals surface area (Å²) in [5.41, 5.74) is 1.18. The van der Waals surface area contributed by atoms with Crippen LogP contribution < -0.4 is 10.1 Å². The number of methoxy groups -OCH3 is 1. The van der Waals surface area contributed by atoms with Gasteiger partial charge in [-0.2, -0.15) is 0 Å². The highest BCUT2D eigenvalue weighted by Crippen LogP contribution is 2.16. The van der Waals surface area contributed by atoms with Crippen LogP contribution in [0.25, 0.3) is 0 Å². The summed E-state index contributed by atoms with van der Waals surface area (Å²) in [6, 6.07) is 8.03. The Bertz CT molecular complexity index is 440. The van der Waals surface area contributed by atoms with E-state index in [4.69, 9.17) is 4.74 Å². The van der Waals surface area contributed by atoms with E-state index in [1.165, 1.54) is 5.56 Å². The monoisotopic (exact) mass is 276 g/mol. The number of hydrogen-bond donors (Lipinski definition) is 1. The molecule has 0 unspecified atom stereocenters. The lowest BCUT2D eigenvalue weighted by Gasteiger charge is -2.30. The van der Waals surface area contributed by atoms with Crippen molar-refractivity contribution in [3.8, 4) is 5.75 Å². The Morgan fingerprint density at radius 2 is 2.15 bits per heavy atom. The standard InChI is InChI=1S/C16H24N2O2/c1-13-7-10-18(11-8-13)16(19)17-9-6-14-4-3-5-15(12-14)20-2/h3-5,12-13H,6-11H2,1-2H3,(H,17,19). The quantitative estimate of drug-likeness (QED) is 0.918. The summed E-state index contributed by atoms with van der Waals surface area (Å²) >= 11 is 0. The van der Waals surface area contributed by atoms with E-state index >= 15 is 0 Å². The second kappa shape index (κ2) is 7.17. The molecule has 1 N–H and O–H groups in total. The van der Waals surface area contributed by atoms with Crippen LogP contribution in [0.15, 0.2) is 24.3 Å². The zero-order valence-electron chi connectivity index (χ0n) is 12.4. The highest BCUT2D eigenvalue weighted by molar-refractivity contribution is 5.74. The van der Waals surface area contributed by atoms with Gasteiger partial charge < -0.3 is 15.0 Å². The molecule has 1 aromatic carbocycles. The molecule has 0 saturated carbocycles. The van der Waals surface area contributed by atoms with E-state index in [-0.39, 0.29) is 6.03 Å². The number of urea groups is 1. The summed E-state index contributed by atoms with van der Waals surface area (Å²) in [6.07, 6.45) is 3.06. The summed E-state index contributed by atoms with van der Waals surface area (Å²) < 4.78 is 5.19. The first-order valence-electron chi connectivity index (χ1n) is 7.34. The summed E-state index contributed by atoms with van der Waals surface area (Å²) in [7, 11) is 1.66. The van der Waals surface area contributed by atoms with E-state index in [0.29, 0.717) is 6.54 Å². The fraction of sp³-hybridized carbons (Fsp3) is 0.562. The van der Waals surface area contributed by atoms with E-state index in [1.807, 2.05) is 23.1 Å². The highest BCUT2D eigenvalue weighted by atomic mass is 16.5. The van der Waals surface area contributed by atoms with E-state index in [2.05, 4.69) is 18.3 Å². The fourth-order valence-corrected chi connectivity index (χ4v) is 2.47. The van der Waals surface area contributed by atoms with E-state index < -0.39 is 0 Å². The molecule has 0 aliphatic carbocycles.